The Kier molecular flexibility index (Phi) is 6.10. The molecule has 7 nitrogen and oxygen atoms in total. The number of carbonyl (C=O) groups is 1. The van der Waals surface area contributed by atoms with Crippen molar-refractivity contribution in [2.45, 2.75) is 32.7 Å². The zero-order valence-corrected chi connectivity index (χ0v) is 12.2. The molecule has 21 heavy (non-hydrogen) atoms. The monoisotopic (exact) mass is 296 g/mol. The number of anilines is 1. The molecular formula is C14H20N2O5. The van der Waals surface area contributed by atoms with Crippen molar-refractivity contribution in [2.24, 2.45) is 0 Å². The summed E-state index contributed by atoms with van der Waals surface area (Å²) in [4.78, 5) is 23.4. The minimum absolute atomic E-state index is 0.0477. The fourth-order valence-corrected chi connectivity index (χ4v) is 2.38. The lowest BCUT2D eigenvalue weighted by Crippen LogP contribution is -2.37. The fraction of sp³-hybridized carbons (Fsp3) is 0.500. The van der Waals surface area contributed by atoms with Crippen molar-refractivity contribution in [1.29, 1.82) is 0 Å². The van der Waals surface area contributed by atoms with Gasteiger partial charge >= 0.3 is 5.97 Å². The first-order valence-electron chi connectivity index (χ1n) is 6.85. The van der Waals surface area contributed by atoms with Gasteiger partial charge in [0.2, 0.25) is 0 Å². The number of carboxylic acid groups (broad SMARTS) is 1. The van der Waals surface area contributed by atoms with Gasteiger partial charge in [-0.2, -0.15) is 0 Å². The molecule has 0 saturated carbocycles. The first-order valence-corrected chi connectivity index (χ1v) is 6.85. The molecule has 0 aliphatic rings. The first kappa shape index (κ1) is 16.9. The Morgan fingerprint density at radius 1 is 1.38 bits per heavy atom. The van der Waals surface area contributed by atoms with Crippen molar-refractivity contribution >= 4 is 17.3 Å². The van der Waals surface area contributed by atoms with Crippen LogP contribution in [-0.4, -0.2) is 40.3 Å². The molecule has 0 aliphatic heterocycles. The SMILES string of the molecule is CCC(CC)N(CCO)c1ccc(C(=O)O)cc1[N+](=O)[O-]. The molecule has 0 unspecified atom stereocenters. The Balaban J connectivity index is 3.35. The Labute approximate surface area is 123 Å². The summed E-state index contributed by atoms with van der Waals surface area (Å²) in [6.45, 7) is 4.07. The number of rotatable bonds is 8. The summed E-state index contributed by atoms with van der Waals surface area (Å²) in [5.74, 6) is -1.21. The van der Waals surface area contributed by atoms with E-state index < -0.39 is 10.9 Å². The third kappa shape index (κ3) is 3.91. The molecule has 0 aliphatic carbocycles. The van der Waals surface area contributed by atoms with Gasteiger partial charge < -0.3 is 15.1 Å². The maximum atomic E-state index is 11.2. The van der Waals surface area contributed by atoms with E-state index in [4.69, 9.17) is 5.11 Å². The Morgan fingerprint density at radius 3 is 2.43 bits per heavy atom. The van der Waals surface area contributed by atoms with E-state index >= 15 is 0 Å². The first-order chi connectivity index (χ1) is 9.96. The summed E-state index contributed by atoms with van der Waals surface area (Å²) < 4.78 is 0. The van der Waals surface area contributed by atoms with Gasteiger partial charge in [-0.1, -0.05) is 13.8 Å². The maximum absolute atomic E-state index is 11.2. The standard InChI is InChI=1S/C14H20N2O5/c1-3-11(4-2)15(7-8-17)12-6-5-10(14(18)19)9-13(12)16(20)21/h5-6,9,11,17H,3-4,7-8H2,1-2H3,(H,18,19). The van der Waals surface area contributed by atoms with Crippen LogP contribution in [0.1, 0.15) is 37.0 Å². The van der Waals surface area contributed by atoms with Crippen molar-refractivity contribution in [1.82, 2.24) is 0 Å². The molecule has 0 amide bonds. The third-order valence-electron chi connectivity index (χ3n) is 3.45. The van der Waals surface area contributed by atoms with Gasteiger partial charge in [-0.3, -0.25) is 10.1 Å². The second-order valence-corrected chi connectivity index (χ2v) is 4.65. The molecule has 0 radical (unpaired) electrons. The van der Waals surface area contributed by atoms with Crippen molar-refractivity contribution in [3.63, 3.8) is 0 Å². The lowest BCUT2D eigenvalue weighted by Gasteiger charge is -2.31. The summed E-state index contributed by atoms with van der Waals surface area (Å²) in [6.07, 6.45) is 1.54. The molecule has 0 aromatic heterocycles. The molecular weight excluding hydrogens is 276 g/mol. The van der Waals surface area contributed by atoms with Gasteiger partial charge in [-0.25, -0.2) is 4.79 Å². The van der Waals surface area contributed by atoms with Gasteiger partial charge in [0.05, 0.1) is 17.1 Å². The number of hydrogen-bond acceptors (Lipinski definition) is 5. The fourth-order valence-electron chi connectivity index (χ4n) is 2.38. The van der Waals surface area contributed by atoms with Crippen molar-refractivity contribution in [3.05, 3.63) is 33.9 Å². The largest absolute Gasteiger partial charge is 0.478 e. The molecule has 7 heteroatoms. The molecule has 116 valence electrons. The predicted octanol–water partition coefficient (Wildman–Crippen LogP) is 2.28. The van der Waals surface area contributed by atoms with Crippen molar-refractivity contribution in [2.75, 3.05) is 18.1 Å². The quantitative estimate of drug-likeness (QED) is 0.563. The van der Waals surface area contributed by atoms with E-state index in [1.54, 1.807) is 4.90 Å². The summed E-state index contributed by atoms with van der Waals surface area (Å²) in [7, 11) is 0. The van der Waals surface area contributed by atoms with Crippen LogP contribution in [0.5, 0.6) is 0 Å². The minimum Gasteiger partial charge on any atom is -0.478 e. The summed E-state index contributed by atoms with van der Waals surface area (Å²) >= 11 is 0. The number of aliphatic hydroxyl groups excluding tert-OH is 1. The van der Waals surface area contributed by atoms with Crippen LogP contribution >= 0.6 is 0 Å². The van der Waals surface area contributed by atoms with Crippen molar-refractivity contribution < 1.29 is 19.9 Å². The number of aromatic carboxylic acids is 1. The van der Waals surface area contributed by atoms with Crippen molar-refractivity contribution in [3.8, 4) is 0 Å². The molecule has 0 atom stereocenters. The van der Waals surface area contributed by atoms with E-state index in [2.05, 4.69) is 0 Å². The van der Waals surface area contributed by atoms with E-state index in [1.807, 2.05) is 13.8 Å². The van der Waals surface area contributed by atoms with Crippen LogP contribution in [-0.2, 0) is 0 Å². The molecule has 0 heterocycles. The highest BCUT2D eigenvalue weighted by atomic mass is 16.6. The molecule has 1 rings (SSSR count). The normalized spacial score (nSPS) is 10.7. The van der Waals surface area contributed by atoms with Crippen LogP contribution in [0.15, 0.2) is 18.2 Å². The van der Waals surface area contributed by atoms with Gasteiger partial charge in [0.1, 0.15) is 5.69 Å². The number of aliphatic hydroxyl groups is 1. The zero-order valence-electron chi connectivity index (χ0n) is 12.2. The highest BCUT2D eigenvalue weighted by Crippen LogP contribution is 2.31. The Morgan fingerprint density at radius 2 is 2.00 bits per heavy atom. The Hall–Kier alpha value is -2.15. The average Bonchev–Trinajstić information content (AvgIpc) is 2.46. The van der Waals surface area contributed by atoms with E-state index in [9.17, 15) is 20.0 Å². The maximum Gasteiger partial charge on any atom is 0.335 e. The zero-order chi connectivity index (χ0) is 16.0. The van der Waals surface area contributed by atoms with Crippen LogP contribution in [0, 0.1) is 10.1 Å². The van der Waals surface area contributed by atoms with Gasteiger partial charge in [-0.05, 0) is 25.0 Å². The van der Waals surface area contributed by atoms with E-state index in [-0.39, 0.29) is 30.4 Å². The molecule has 0 saturated heterocycles. The minimum atomic E-state index is -1.21. The van der Waals surface area contributed by atoms with Gasteiger partial charge in [0, 0.05) is 18.7 Å². The van der Waals surface area contributed by atoms with Gasteiger partial charge in [-0.15, -0.1) is 0 Å². The number of hydrogen-bond donors (Lipinski definition) is 2. The summed E-state index contributed by atoms with van der Waals surface area (Å²) in [5.41, 5.74) is -0.0399. The molecule has 0 fully saturated rings. The van der Waals surface area contributed by atoms with E-state index in [0.29, 0.717) is 5.69 Å². The predicted molar refractivity (Wildman–Crippen MR) is 78.9 cm³/mol. The highest BCUT2D eigenvalue weighted by molar-refractivity contribution is 5.89. The molecule has 0 spiro atoms. The number of nitrogens with zero attached hydrogens (tertiary/aromatic N) is 2. The lowest BCUT2D eigenvalue weighted by molar-refractivity contribution is -0.384. The third-order valence-corrected chi connectivity index (χ3v) is 3.45. The number of nitro groups is 1. The second kappa shape index (κ2) is 7.58. The van der Waals surface area contributed by atoms with E-state index in [0.717, 1.165) is 18.9 Å². The highest BCUT2D eigenvalue weighted by Gasteiger charge is 2.25. The van der Waals surface area contributed by atoms with Gasteiger partial charge in [0.25, 0.3) is 5.69 Å². The Bertz CT molecular complexity index is 514. The molecule has 0 bridgehead atoms. The number of nitro benzene ring substituents is 1. The number of benzene rings is 1. The summed E-state index contributed by atoms with van der Waals surface area (Å²) in [6, 6.07) is 3.89. The van der Waals surface area contributed by atoms with Crippen LogP contribution < -0.4 is 4.90 Å². The molecule has 1 aromatic carbocycles. The smallest absolute Gasteiger partial charge is 0.335 e. The summed E-state index contributed by atoms with van der Waals surface area (Å²) in [5, 5.41) is 29.4. The van der Waals surface area contributed by atoms with Crippen LogP contribution in [0.3, 0.4) is 0 Å². The topological polar surface area (TPSA) is 104 Å². The van der Waals surface area contributed by atoms with Crippen LogP contribution in [0.4, 0.5) is 11.4 Å². The molecule has 2 N–H and O–H groups in total. The van der Waals surface area contributed by atoms with Crippen LogP contribution in [0.25, 0.3) is 0 Å². The van der Waals surface area contributed by atoms with Crippen LogP contribution in [0.2, 0.25) is 0 Å². The lowest BCUT2D eigenvalue weighted by atomic mass is 10.1. The molecule has 1 aromatic rings. The average molecular weight is 296 g/mol. The second-order valence-electron chi connectivity index (χ2n) is 4.65. The van der Waals surface area contributed by atoms with E-state index in [1.165, 1.54) is 12.1 Å². The number of carboxylic acids is 1. The van der Waals surface area contributed by atoms with Gasteiger partial charge in [0.15, 0.2) is 0 Å².